The van der Waals surface area contributed by atoms with Crippen molar-refractivity contribution < 1.29 is 23.1 Å². The highest BCUT2D eigenvalue weighted by Crippen LogP contribution is 2.49. The average molecular weight is 537 g/mol. The molecule has 1 saturated heterocycles. The maximum Gasteiger partial charge on any atom is 0.433 e. The molecule has 1 aromatic heterocycles. The summed E-state index contributed by atoms with van der Waals surface area (Å²) >= 11 is 3.47. The zero-order valence-corrected chi connectivity index (χ0v) is 20.1. The maximum absolute atomic E-state index is 13.3. The van der Waals surface area contributed by atoms with E-state index in [1.54, 1.807) is 0 Å². The molecule has 34 heavy (non-hydrogen) atoms. The Balaban J connectivity index is 1.44. The topological polar surface area (TPSA) is 77.8 Å². The Hall–Kier alpha value is -2.46. The molecular formula is C24H24BrF3N4O2. The monoisotopic (exact) mass is 536 g/mol. The predicted molar refractivity (Wildman–Crippen MR) is 125 cm³/mol. The number of pyridine rings is 1. The van der Waals surface area contributed by atoms with Gasteiger partial charge in [-0.25, -0.2) is 4.98 Å². The Morgan fingerprint density at radius 1 is 1.15 bits per heavy atom. The van der Waals surface area contributed by atoms with Crippen LogP contribution < -0.4 is 10.2 Å². The number of aliphatic imine (C=N–C) groups is 1. The van der Waals surface area contributed by atoms with E-state index in [4.69, 9.17) is 4.99 Å². The minimum absolute atomic E-state index is 0.0878. The number of nitrogens with zero attached hydrogens (tertiary/aromatic N) is 3. The number of hydrogen-bond acceptors (Lipinski definition) is 5. The molecule has 2 fully saturated rings. The first-order chi connectivity index (χ1) is 16.0. The summed E-state index contributed by atoms with van der Waals surface area (Å²) in [6.45, 7) is 2.92. The van der Waals surface area contributed by atoms with Crippen LogP contribution in [-0.2, 0) is 23.0 Å². The second-order valence-corrected chi connectivity index (χ2v) is 10.4. The van der Waals surface area contributed by atoms with Crippen molar-refractivity contribution in [3.8, 4) is 0 Å². The van der Waals surface area contributed by atoms with E-state index in [-0.39, 0.29) is 12.5 Å². The van der Waals surface area contributed by atoms with Gasteiger partial charge in [-0.1, -0.05) is 28.9 Å². The number of rotatable bonds is 4. The third-order valence-electron chi connectivity index (χ3n) is 7.14. The van der Waals surface area contributed by atoms with Crippen LogP contribution in [0.25, 0.3) is 0 Å². The molecule has 180 valence electrons. The van der Waals surface area contributed by atoms with Crippen molar-refractivity contribution in [3.63, 3.8) is 0 Å². The molecule has 0 bridgehead atoms. The number of halogens is 4. The van der Waals surface area contributed by atoms with Gasteiger partial charge in [-0.2, -0.15) is 13.2 Å². The quantitative estimate of drug-likeness (QED) is 0.609. The molecule has 2 N–H and O–H groups in total. The number of amides is 1. The van der Waals surface area contributed by atoms with E-state index in [1.165, 1.54) is 6.07 Å². The highest BCUT2D eigenvalue weighted by atomic mass is 79.9. The summed E-state index contributed by atoms with van der Waals surface area (Å²) in [5, 5.41) is 12.5. The molecular weight excluding hydrogens is 513 g/mol. The van der Waals surface area contributed by atoms with Gasteiger partial charge in [0.1, 0.15) is 17.1 Å². The number of alkyl halides is 3. The number of aliphatic hydroxyl groups excluding tert-OH is 1. The Morgan fingerprint density at radius 3 is 2.47 bits per heavy atom. The van der Waals surface area contributed by atoms with Crippen LogP contribution >= 0.6 is 15.9 Å². The van der Waals surface area contributed by atoms with Gasteiger partial charge in [-0.05, 0) is 49.9 Å². The molecule has 2 aliphatic heterocycles. The van der Waals surface area contributed by atoms with Crippen LogP contribution in [-0.4, -0.2) is 40.5 Å². The van der Waals surface area contributed by atoms with Crippen LogP contribution in [0.15, 0.2) is 39.8 Å². The lowest BCUT2D eigenvalue weighted by molar-refractivity contribution is -0.141. The summed E-state index contributed by atoms with van der Waals surface area (Å²) in [5.41, 5.74) is 0.197. The molecule has 1 saturated carbocycles. The van der Waals surface area contributed by atoms with Crippen molar-refractivity contribution >= 4 is 33.4 Å². The summed E-state index contributed by atoms with van der Waals surface area (Å²) in [6.07, 6.45) is -2.13. The molecule has 6 nitrogen and oxygen atoms in total. The number of hydrogen-bond donors (Lipinski definition) is 2. The predicted octanol–water partition coefficient (Wildman–Crippen LogP) is 4.32. The van der Waals surface area contributed by atoms with Crippen molar-refractivity contribution in [3.05, 3.63) is 57.3 Å². The molecule has 3 aliphatic rings. The van der Waals surface area contributed by atoms with Crippen LogP contribution in [0.2, 0.25) is 0 Å². The first-order valence-corrected chi connectivity index (χ1v) is 12.0. The molecule has 3 heterocycles. The smallest absolute Gasteiger partial charge is 0.392 e. The molecule has 0 atom stereocenters. The lowest BCUT2D eigenvalue weighted by Gasteiger charge is -2.37. The van der Waals surface area contributed by atoms with E-state index in [0.29, 0.717) is 43.0 Å². The first kappa shape index (κ1) is 23.3. The highest BCUT2D eigenvalue weighted by molar-refractivity contribution is 9.10. The third-order valence-corrected chi connectivity index (χ3v) is 7.64. The first-order valence-electron chi connectivity index (χ1n) is 11.2. The fourth-order valence-electron chi connectivity index (χ4n) is 4.76. The minimum Gasteiger partial charge on any atom is -0.392 e. The van der Waals surface area contributed by atoms with Crippen molar-refractivity contribution in [2.45, 2.75) is 56.3 Å². The van der Waals surface area contributed by atoms with Crippen molar-refractivity contribution in [1.29, 1.82) is 0 Å². The number of carbonyl (C=O) groups is 1. The number of carbonyl (C=O) groups excluding carboxylic acids is 1. The minimum atomic E-state index is -4.53. The molecule has 10 heteroatoms. The maximum atomic E-state index is 13.3. The SMILES string of the molecule is CC1(c2nc(C(F)(F)F)ccc2C2=NC3(CCN(c4cc(Br)ccc4CO)CC3)C(=O)N2)CC1. The zero-order valence-electron chi connectivity index (χ0n) is 18.5. The Kier molecular flexibility index (Phi) is 5.51. The van der Waals surface area contributed by atoms with Crippen molar-refractivity contribution in [1.82, 2.24) is 10.3 Å². The van der Waals surface area contributed by atoms with Gasteiger partial charge < -0.3 is 15.3 Å². The van der Waals surface area contributed by atoms with E-state index in [1.807, 2.05) is 25.1 Å². The second kappa shape index (κ2) is 8.05. The van der Waals surface area contributed by atoms with E-state index >= 15 is 0 Å². The number of anilines is 1. The fourth-order valence-corrected chi connectivity index (χ4v) is 5.11. The van der Waals surface area contributed by atoms with Crippen LogP contribution in [0, 0.1) is 0 Å². The van der Waals surface area contributed by atoms with Crippen molar-refractivity contribution in [2.24, 2.45) is 4.99 Å². The Bertz CT molecular complexity index is 1190. The van der Waals surface area contributed by atoms with Gasteiger partial charge in [-0.3, -0.25) is 9.79 Å². The van der Waals surface area contributed by atoms with Gasteiger partial charge in [-0.15, -0.1) is 0 Å². The largest absolute Gasteiger partial charge is 0.433 e. The number of aliphatic hydroxyl groups is 1. The summed E-state index contributed by atoms with van der Waals surface area (Å²) in [5.74, 6) is 0.0758. The molecule has 2 aromatic rings. The third kappa shape index (κ3) is 4.00. The number of benzene rings is 1. The van der Waals surface area contributed by atoms with Crippen LogP contribution in [0.1, 0.15) is 55.1 Å². The van der Waals surface area contributed by atoms with Crippen LogP contribution in [0.3, 0.4) is 0 Å². The number of nitrogens with one attached hydrogen (secondary N) is 1. The molecule has 1 aromatic carbocycles. The Morgan fingerprint density at radius 2 is 1.85 bits per heavy atom. The molecule has 0 unspecified atom stereocenters. The number of piperidine rings is 1. The summed E-state index contributed by atoms with van der Waals surface area (Å²) < 4.78 is 40.8. The molecule has 0 radical (unpaired) electrons. The van der Waals surface area contributed by atoms with Crippen molar-refractivity contribution in [2.75, 3.05) is 18.0 Å². The van der Waals surface area contributed by atoms with Gasteiger partial charge >= 0.3 is 6.18 Å². The van der Waals surface area contributed by atoms with E-state index in [2.05, 4.69) is 31.1 Å². The Labute approximate surface area is 203 Å². The summed E-state index contributed by atoms with van der Waals surface area (Å²) in [7, 11) is 0. The van der Waals surface area contributed by atoms with E-state index < -0.39 is 22.8 Å². The standard InChI is InChI=1S/C24H24BrF3N4O2/c1-22(6-7-22)19-16(4-5-18(29-19)24(26,27)28)20-30-21(34)23(31-20)8-10-32(11-9-23)17-12-15(25)3-2-14(17)13-33/h2-5,12,33H,6-11,13H2,1H3,(H,30,31,34). The van der Waals surface area contributed by atoms with Gasteiger partial charge in [0.15, 0.2) is 0 Å². The van der Waals surface area contributed by atoms with Gasteiger partial charge in [0.2, 0.25) is 0 Å². The number of aromatic nitrogens is 1. The highest BCUT2D eigenvalue weighted by Gasteiger charge is 2.49. The molecule has 5 rings (SSSR count). The molecule has 1 spiro atoms. The normalized spacial score (nSPS) is 20.9. The number of amidine groups is 1. The summed E-state index contributed by atoms with van der Waals surface area (Å²) in [4.78, 5) is 23.9. The van der Waals surface area contributed by atoms with Crippen LogP contribution in [0.4, 0.5) is 18.9 Å². The van der Waals surface area contributed by atoms with Gasteiger partial charge in [0.25, 0.3) is 5.91 Å². The summed E-state index contributed by atoms with van der Waals surface area (Å²) in [6, 6.07) is 8.02. The van der Waals surface area contributed by atoms with Gasteiger partial charge in [0, 0.05) is 39.8 Å². The molecule has 1 amide bonds. The van der Waals surface area contributed by atoms with Crippen LogP contribution in [0.5, 0.6) is 0 Å². The second-order valence-electron chi connectivity index (χ2n) is 9.52. The van der Waals surface area contributed by atoms with Gasteiger partial charge in [0.05, 0.1) is 12.3 Å². The lowest BCUT2D eigenvalue weighted by atomic mass is 9.87. The molecule has 1 aliphatic carbocycles. The average Bonchev–Trinajstić information content (AvgIpc) is 3.48. The zero-order chi connectivity index (χ0) is 24.3. The van der Waals surface area contributed by atoms with E-state index in [9.17, 15) is 23.1 Å². The lowest BCUT2D eigenvalue weighted by Crippen LogP contribution is -2.49. The van der Waals surface area contributed by atoms with E-state index in [0.717, 1.165) is 34.6 Å². The fraction of sp³-hybridized carbons (Fsp3) is 0.458.